The van der Waals surface area contributed by atoms with Crippen LogP contribution in [0.15, 0.2) is 23.2 Å². The Kier molecular flexibility index (Phi) is 5.78. The number of carbonyl (C=O) groups excluding carboxylic acids is 2. The van der Waals surface area contributed by atoms with Gasteiger partial charge in [0.05, 0.1) is 0 Å². The zero-order valence-corrected chi connectivity index (χ0v) is 15.6. The van der Waals surface area contributed by atoms with E-state index in [9.17, 15) is 9.59 Å². The SMILES string of the molecule is Cc1ccc(NC(=O)CC2SC(NC3CCCCC3)=NC2=O)c(C)c1. The summed E-state index contributed by atoms with van der Waals surface area (Å²) in [5, 5.41) is 6.54. The van der Waals surface area contributed by atoms with Gasteiger partial charge < -0.3 is 10.6 Å². The first-order valence-electron chi connectivity index (χ1n) is 8.94. The molecule has 1 aliphatic carbocycles. The van der Waals surface area contributed by atoms with E-state index < -0.39 is 5.25 Å². The number of amides is 2. The molecule has 3 rings (SSSR count). The highest BCUT2D eigenvalue weighted by Crippen LogP contribution is 2.27. The maximum absolute atomic E-state index is 12.3. The maximum Gasteiger partial charge on any atom is 0.262 e. The quantitative estimate of drug-likeness (QED) is 0.862. The van der Waals surface area contributed by atoms with Crippen molar-refractivity contribution >= 4 is 34.4 Å². The topological polar surface area (TPSA) is 70.6 Å². The van der Waals surface area contributed by atoms with Crippen LogP contribution in [0.5, 0.6) is 0 Å². The molecule has 2 amide bonds. The summed E-state index contributed by atoms with van der Waals surface area (Å²) in [7, 11) is 0. The summed E-state index contributed by atoms with van der Waals surface area (Å²) >= 11 is 1.39. The van der Waals surface area contributed by atoms with Crippen LogP contribution in [0, 0.1) is 13.8 Å². The van der Waals surface area contributed by atoms with E-state index in [2.05, 4.69) is 15.6 Å². The number of carbonyl (C=O) groups is 2. The van der Waals surface area contributed by atoms with Crippen molar-refractivity contribution in [2.24, 2.45) is 4.99 Å². The van der Waals surface area contributed by atoms with Gasteiger partial charge >= 0.3 is 0 Å². The lowest BCUT2D eigenvalue weighted by molar-refractivity contribution is -0.121. The molecule has 1 atom stereocenters. The molecule has 1 saturated carbocycles. The first-order chi connectivity index (χ1) is 12.0. The molecule has 25 heavy (non-hydrogen) atoms. The maximum atomic E-state index is 12.3. The van der Waals surface area contributed by atoms with Gasteiger partial charge in [0.15, 0.2) is 5.17 Å². The van der Waals surface area contributed by atoms with E-state index in [-0.39, 0.29) is 18.2 Å². The molecule has 6 heteroatoms. The molecule has 2 N–H and O–H groups in total. The van der Waals surface area contributed by atoms with Gasteiger partial charge in [0.2, 0.25) is 5.91 Å². The summed E-state index contributed by atoms with van der Waals surface area (Å²) in [4.78, 5) is 28.5. The second-order valence-electron chi connectivity index (χ2n) is 6.91. The average molecular weight is 359 g/mol. The van der Waals surface area contributed by atoms with Crippen LogP contribution in [0.25, 0.3) is 0 Å². The lowest BCUT2D eigenvalue weighted by Crippen LogP contribution is -2.34. The largest absolute Gasteiger partial charge is 0.362 e. The Morgan fingerprint density at radius 3 is 2.72 bits per heavy atom. The second kappa shape index (κ2) is 8.04. The zero-order valence-electron chi connectivity index (χ0n) is 14.8. The normalized spacial score (nSPS) is 21.1. The molecule has 5 nitrogen and oxygen atoms in total. The molecule has 1 aromatic carbocycles. The van der Waals surface area contributed by atoms with Crippen molar-refractivity contribution < 1.29 is 9.59 Å². The van der Waals surface area contributed by atoms with E-state index in [1.165, 1.54) is 31.0 Å². The molecular formula is C19H25N3O2S. The van der Waals surface area contributed by atoms with Crippen molar-refractivity contribution in [1.82, 2.24) is 5.32 Å². The number of thioether (sulfide) groups is 1. The van der Waals surface area contributed by atoms with Crippen molar-refractivity contribution in [3.8, 4) is 0 Å². The fourth-order valence-electron chi connectivity index (χ4n) is 3.32. The first-order valence-corrected chi connectivity index (χ1v) is 9.82. The van der Waals surface area contributed by atoms with E-state index >= 15 is 0 Å². The third-order valence-corrected chi connectivity index (χ3v) is 5.79. The smallest absolute Gasteiger partial charge is 0.262 e. The van der Waals surface area contributed by atoms with Gasteiger partial charge in [-0.15, -0.1) is 0 Å². The van der Waals surface area contributed by atoms with Gasteiger partial charge in [0.25, 0.3) is 5.91 Å². The Morgan fingerprint density at radius 2 is 2.00 bits per heavy atom. The van der Waals surface area contributed by atoms with E-state index in [0.29, 0.717) is 11.2 Å². The lowest BCUT2D eigenvalue weighted by atomic mass is 9.96. The number of amidine groups is 1. The number of rotatable bonds is 4. The molecule has 0 aromatic heterocycles. The summed E-state index contributed by atoms with van der Waals surface area (Å²) in [6.45, 7) is 3.98. The molecule has 0 bridgehead atoms. The minimum Gasteiger partial charge on any atom is -0.362 e. The summed E-state index contributed by atoms with van der Waals surface area (Å²) in [5.74, 6) is -0.356. The van der Waals surface area contributed by atoms with Gasteiger partial charge in [-0.3, -0.25) is 9.59 Å². The van der Waals surface area contributed by atoms with E-state index in [1.807, 2.05) is 32.0 Å². The Hall–Kier alpha value is -1.82. The van der Waals surface area contributed by atoms with Gasteiger partial charge in [0.1, 0.15) is 5.25 Å². The number of hydrogen-bond acceptors (Lipinski definition) is 4. The van der Waals surface area contributed by atoms with Gasteiger partial charge in [-0.1, -0.05) is 48.7 Å². The van der Waals surface area contributed by atoms with Crippen molar-refractivity contribution in [3.05, 3.63) is 29.3 Å². The van der Waals surface area contributed by atoms with Crippen LogP contribution in [0.1, 0.15) is 49.7 Å². The third-order valence-electron chi connectivity index (χ3n) is 4.70. The van der Waals surface area contributed by atoms with Gasteiger partial charge in [-0.05, 0) is 38.3 Å². The molecule has 1 aromatic rings. The van der Waals surface area contributed by atoms with Crippen LogP contribution in [0.2, 0.25) is 0 Å². The van der Waals surface area contributed by atoms with Crippen LogP contribution >= 0.6 is 11.8 Å². The molecular weight excluding hydrogens is 334 g/mol. The van der Waals surface area contributed by atoms with Crippen molar-refractivity contribution in [2.45, 2.75) is 63.7 Å². The Balaban J connectivity index is 1.51. The lowest BCUT2D eigenvalue weighted by Gasteiger charge is -2.23. The van der Waals surface area contributed by atoms with Crippen LogP contribution in [0.4, 0.5) is 5.69 Å². The number of nitrogens with one attached hydrogen (secondary N) is 2. The Morgan fingerprint density at radius 1 is 1.24 bits per heavy atom. The number of aryl methyl sites for hydroxylation is 2. The summed E-state index contributed by atoms with van der Waals surface area (Å²) in [5.41, 5.74) is 2.98. The molecule has 0 radical (unpaired) electrons. The minimum absolute atomic E-state index is 0.146. The van der Waals surface area contributed by atoms with Crippen LogP contribution in [0.3, 0.4) is 0 Å². The van der Waals surface area contributed by atoms with Crippen LogP contribution in [-0.4, -0.2) is 28.3 Å². The predicted octanol–water partition coefficient (Wildman–Crippen LogP) is 3.55. The highest BCUT2D eigenvalue weighted by atomic mass is 32.2. The number of benzene rings is 1. The first kappa shape index (κ1) is 18.0. The molecule has 1 fully saturated rings. The number of nitrogens with zero attached hydrogens (tertiary/aromatic N) is 1. The van der Waals surface area contributed by atoms with Gasteiger partial charge in [0, 0.05) is 18.2 Å². The molecule has 2 aliphatic rings. The highest BCUT2D eigenvalue weighted by molar-refractivity contribution is 8.15. The fraction of sp³-hybridized carbons (Fsp3) is 0.526. The van der Waals surface area contributed by atoms with Crippen molar-refractivity contribution in [2.75, 3.05) is 5.32 Å². The fourth-order valence-corrected chi connectivity index (χ4v) is 4.36. The van der Waals surface area contributed by atoms with Crippen LogP contribution in [-0.2, 0) is 9.59 Å². The molecule has 1 aliphatic heterocycles. The monoisotopic (exact) mass is 359 g/mol. The van der Waals surface area contributed by atoms with Crippen molar-refractivity contribution in [3.63, 3.8) is 0 Å². The number of hydrogen-bond donors (Lipinski definition) is 2. The van der Waals surface area contributed by atoms with Crippen LogP contribution < -0.4 is 10.6 Å². The van der Waals surface area contributed by atoms with E-state index in [4.69, 9.17) is 0 Å². The van der Waals surface area contributed by atoms with E-state index in [0.717, 1.165) is 29.7 Å². The molecule has 1 heterocycles. The summed E-state index contributed by atoms with van der Waals surface area (Å²) in [6.07, 6.45) is 6.15. The Bertz CT molecular complexity index is 696. The highest BCUT2D eigenvalue weighted by Gasteiger charge is 2.31. The number of aliphatic imine (C=N–C) groups is 1. The summed E-state index contributed by atoms with van der Waals surface area (Å²) < 4.78 is 0. The van der Waals surface area contributed by atoms with Gasteiger partial charge in [-0.25, -0.2) is 0 Å². The minimum atomic E-state index is -0.420. The van der Waals surface area contributed by atoms with Crippen molar-refractivity contribution in [1.29, 1.82) is 0 Å². The third kappa shape index (κ3) is 4.84. The predicted molar refractivity (Wildman–Crippen MR) is 103 cm³/mol. The average Bonchev–Trinajstić information content (AvgIpc) is 2.90. The standard InChI is InChI=1S/C19H25N3O2S/c1-12-8-9-15(13(2)10-12)21-17(23)11-16-18(24)22-19(25-16)20-14-6-4-3-5-7-14/h8-10,14,16H,3-7,11H2,1-2H3,(H,21,23)(H,20,22,24). The summed E-state index contributed by atoms with van der Waals surface area (Å²) in [6, 6.07) is 6.31. The Labute approximate surface area is 153 Å². The van der Waals surface area contributed by atoms with Gasteiger partial charge in [-0.2, -0.15) is 4.99 Å². The number of anilines is 1. The molecule has 1 unspecified atom stereocenters. The molecule has 0 saturated heterocycles. The molecule has 134 valence electrons. The second-order valence-corrected chi connectivity index (χ2v) is 8.10. The zero-order chi connectivity index (χ0) is 17.8. The molecule has 0 spiro atoms. The van der Waals surface area contributed by atoms with E-state index in [1.54, 1.807) is 0 Å².